The first-order valence-electron chi connectivity index (χ1n) is 10.8. The Morgan fingerprint density at radius 2 is 1.97 bits per heavy atom. The fraction of sp³-hybridized carbons (Fsp3) is 0.545. The van der Waals surface area contributed by atoms with E-state index in [1.54, 1.807) is 12.3 Å². The average molecular weight is 484 g/mol. The maximum Gasteiger partial charge on any atom is 0.228 e. The van der Waals surface area contributed by atoms with Gasteiger partial charge in [0.25, 0.3) is 0 Å². The van der Waals surface area contributed by atoms with Crippen molar-refractivity contribution >= 4 is 27.3 Å². The third kappa shape index (κ3) is 4.72. The molecule has 2 fully saturated rings. The molecule has 32 heavy (non-hydrogen) atoms. The monoisotopic (exact) mass is 483 g/mol. The van der Waals surface area contributed by atoms with E-state index in [1.165, 1.54) is 23.5 Å². The summed E-state index contributed by atoms with van der Waals surface area (Å²) in [5.74, 6) is -1.32. The zero-order valence-corrected chi connectivity index (χ0v) is 19.7. The number of sulfonamides is 1. The van der Waals surface area contributed by atoms with Crippen LogP contribution in [0.5, 0.6) is 0 Å². The van der Waals surface area contributed by atoms with Crippen molar-refractivity contribution in [2.75, 3.05) is 12.3 Å². The van der Waals surface area contributed by atoms with E-state index in [2.05, 4.69) is 9.71 Å². The van der Waals surface area contributed by atoms with E-state index in [4.69, 9.17) is 0 Å². The molecule has 2 unspecified atom stereocenters. The van der Waals surface area contributed by atoms with Gasteiger partial charge in [-0.05, 0) is 38.3 Å². The second-order valence-electron chi connectivity index (χ2n) is 8.90. The highest BCUT2D eigenvalue weighted by atomic mass is 32.2. The molecule has 0 radical (unpaired) electrons. The molecule has 1 aromatic heterocycles. The quantitative estimate of drug-likeness (QED) is 0.651. The number of aromatic nitrogens is 1. The van der Waals surface area contributed by atoms with E-state index in [-0.39, 0.29) is 23.1 Å². The van der Waals surface area contributed by atoms with Crippen molar-refractivity contribution in [1.82, 2.24) is 14.6 Å². The fourth-order valence-electron chi connectivity index (χ4n) is 4.50. The fourth-order valence-corrected chi connectivity index (χ4v) is 6.23. The van der Waals surface area contributed by atoms with Crippen LogP contribution in [0.2, 0.25) is 0 Å². The average Bonchev–Trinajstić information content (AvgIpc) is 3.32. The van der Waals surface area contributed by atoms with Crippen LogP contribution < -0.4 is 4.72 Å². The van der Waals surface area contributed by atoms with E-state index in [9.17, 15) is 22.0 Å². The van der Waals surface area contributed by atoms with E-state index in [1.807, 2.05) is 11.8 Å². The summed E-state index contributed by atoms with van der Waals surface area (Å²) in [5, 5.41) is 2.28. The molecule has 1 aliphatic carbocycles. The highest BCUT2D eigenvalue weighted by Crippen LogP contribution is 2.43. The number of hydrogen-bond acceptors (Lipinski definition) is 5. The molecule has 1 aromatic carbocycles. The standard InChI is InChI=1S/C22H27F2N3O3S2/c1-3-32(29,30)26-18-5-8-27(21(28)22(2)6-4-7-22)19(18)12-17-13-31-20(25-17)14-9-15(23)11-16(24)10-14/h9-11,13,18-19,26H,3-8,12H2,1-2H3. The van der Waals surface area contributed by atoms with Gasteiger partial charge in [0, 0.05) is 41.4 Å². The van der Waals surface area contributed by atoms with Crippen molar-refractivity contribution in [1.29, 1.82) is 0 Å². The number of likely N-dealkylation sites (tertiary alicyclic amines) is 1. The van der Waals surface area contributed by atoms with Crippen molar-refractivity contribution in [3.8, 4) is 10.6 Å². The van der Waals surface area contributed by atoms with Gasteiger partial charge in [0.15, 0.2) is 0 Å². The molecule has 6 nitrogen and oxygen atoms in total. The molecule has 1 aliphatic heterocycles. The van der Waals surface area contributed by atoms with Gasteiger partial charge < -0.3 is 4.90 Å². The Kier molecular flexibility index (Phi) is 6.39. The number of carbonyl (C=O) groups excluding carboxylic acids is 1. The van der Waals surface area contributed by atoms with Gasteiger partial charge in [-0.15, -0.1) is 11.3 Å². The molecule has 2 atom stereocenters. The molecule has 1 amide bonds. The number of carbonyl (C=O) groups is 1. The van der Waals surface area contributed by atoms with E-state index in [0.29, 0.717) is 35.7 Å². The molecule has 1 saturated carbocycles. The van der Waals surface area contributed by atoms with E-state index < -0.39 is 27.7 Å². The zero-order valence-electron chi connectivity index (χ0n) is 18.1. The topological polar surface area (TPSA) is 79.4 Å². The predicted molar refractivity (Wildman–Crippen MR) is 120 cm³/mol. The Morgan fingerprint density at radius 1 is 1.28 bits per heavy atom. The highest BCUT2D eigenvalue weighted by Gasteiger charge is 2.47. The molecule has 10 heteroatoms. The van der Waals surface area contributed by atoms with E-state index in [0.717, 1.165) is 25.3 Å². The van der Waals surface area contributed by atoms with Gasteiger partial charge in [-0.25, -0.2) is 26.9 Å². The molecule has 0 bridgehead atoms. The molecular formula is C22H27F2N3O3S2. The summed E-state index contributed by atoms with van der Waals surface area (Å²) in [6, 6.07) is 2.51. The maximum absolute atomic E-state index is 13.6. The first-order chi connectivity index (χ1) is 15.1. The number of amides is 1. The lowest BCUT2D eigenvalue weighted by atomic mass is 9.69. The Morgan fingerprint density at radius 3 is 2.56 bits per heavy atom. The van der Waals surface area contributed by atoms with Crippen LogP contribution in [0.25, 0.3) is 10.6 Å². The van der Waals surface area contributed by atoms with Crippen LogP contribution in [0.1, 0.15) is 45.2 Å². The van der Waals surface area contributed by atoms with Crippen molar-refractivity contribution < 1.29 is 22.0 Å². The lowest BCUT2D eigenvalue weighted by molar-refractivity contribution is -0.147. The van der Waals surface area contributed by atoms with Crippen LogP contribution in [0.4, 0.5) is 8.78 Å². The van der Waals surface area contributed by atoms with Gasteiger partial charge in [-0.2, -0.15) is 0 Å². The van der Waals surface area contributed by atoms with Crippen molar-refractivity contribution in [3.05, 3.63) is 40.9 Å². The van der Waals surface area contributed by atoms with Gasteiger partial charge in [0.1, 0.15) is 16.6 Å². The lowest BCUT2D eigenvalue weighted by Gasteiger charge is -2.41. The Labute approximate surface area is 191 Å². The number of benzene rings is 1. The summed E-state index contributed by atoms with van der Waals surface area (Å²) in [6.45, 7) is 4.04. The molecule has 2 aromatic rings. The molecule has 2 heterocycles. The molecule has 174 valence electrons. The summed E-state index contributed by atoms with van der Waals surface area (Å²) >= 11 is 1.27. The molecule has 4 rings (SSSR count). The minimum absolute atomic E-state index is 0.0339. The van der Waals surface area contributed by atoms with Gasteiger partial charge in [0.2, 0.25) is 15.9 Å². The Balaban J connectivity index is 1.59. The van der Waals surface area contributed by atoms with Crippen LogP contribution in [0.3, 0.4) is 0 Å². The Hall–Kier alpha value is -1.91. The van der Waals surface area contributed by atoms with Crippen LogP contribution >= 0.6 is 11.3 Å². The first-order valence-corrected chi connectivity index (χ1v) is 13.4. The number of thiazole rings is 1. The largest absolute Gasteiger partial charge is 0.337 e. The minimum Gasteiger partial charge on any atom is -0.337 e. The number of rotatable bonds is 7. The summed E-state index contributed by atoms with van der Waals surface area (Å²) < 4.78 is 54.5. The first kappa shape index (κ1) is 23.3. The molecule has 0 spiro atoms. The number of halogens is 2. The normalized spacial score (nSPS) is 22.7. The lowest BCUT2D eigenvalue weighted by Crippen LogP contribution is -2.53. The number of hydrogen-bond donors (Lipinski definition) is 1. The summed E-state index contributed by atoms with van der Waals surface area (Å²) in [5.41, 5.74) is 0.630. The van der Waals surface area contributed by atoms with Crippen LogP contribution in [0.15, 0.2) is 23.6 Å². The van der Waals surface area contributed by atoms with Crippen molar-refractivity contribution in [2.45, 2.75) is 58.0 Å². The Bertz CT molecular complexity index is 1100. The smallest absolute Gasteiger partial charge is 0.228 e. The number of nitrogens with zero attached hydrogens (tertiary/aromatic N) is 2. The zero-order chi connectivity index (χ0) is 23.1. The van der Waals surface area contributed by atoms with Gasteiger partial charge in [0.05, 0.1) is 17.5 Å². The van der Waals surface area contributed by atoms with Crippen LogP contribution in [-0.4, -0.2) is 48.6 Å². The minimum atomic E-state index is -3.44. The van der Waals surface area contributed by atoms with Crippen molar-refractivity contribution in [3.63, 3.8) is 0 Å². The van der Waals surface area contributed by atoms with Gasteiger partial charge in [-0.1, -0.05) is 13.3 Å². The summed E-state index contributed by atoms with van der Waals surface area (Å²) in [7, 11) is -3.44. The predicted octanol–water partition coefficient (Wildman–Crippen LogP) is 3.73. The third-order valence-corrected chi connectivity index (χ3v) is 8.93. The molecule has 1 N–H and O–H groups in total. The molecule has 2 aliphatic rings. The summed E-state index contributed by atoms with van der Waals surface area (Å²) in [4.78, 5) is 19.6. The molecular weight excluding hydrogens is 456 g/mol. The van der Waals surface area contributed by atoms with Crippen LogP contribution in [-0.2, 0) is 21.2 Å². The maximum atomic E-state index is 13.6. The highest BCUT2D eigenvalue weighted by molar-refractivity contribution is 7.89. The van der Waals surface area contributed by atoms with E-state index >= 15 is 0 Å². The second-order valence-corrected chi connectivity index (χ2v) is 11.8. The SMILES string of the molecule is CCS(=O)(=O)NC1CCN(C(=O)C2(C)CCC2)C1Cc1csc(-c2cc(F)cc(F)c2)n1. The van der Waals surface area contributed by atoms with Gasteiger partial charge in [-0.3, -0.25) is 4.79 Å². The third-order valence-electron chi connectivity index (χ3n) is 6.57. The summed E-state index contributed by atoms with van der Waals surface area (Å²) in [6.07, 6.45) is 3.61. The van der Waals surface area contributed by atoms with Crippen LogP contribution in [0, 0.1) is 17.0 Å². The second kappa shape index (κ2) is 8.79. The van der Waals surface area contributed by atoms with Gasteiger partial charge >= 0.3 is 0 Å². The number of nitrogens with one attached hydrogen (secondary N) is 1. The van der Waals surface area contributed by atoms with Crippen molar-refractivity contribution in [2.24, 2.45) is 5.41 Å². The molecule has 1 saturated heterocycles.